The third-order valence-corrected chi connectivity index (χ3v) is 3.61. The van der Waals surface area contributed by atoms with Gasteiger partial charge in [-0.05, 0) is 25.3 Å². The first kappa shape index (κ1) is 11.3. The van der Waals surface area contributed by atoms with Crippen molar-refractivity contribution in [2.75, 3.05) is 6.54 Å². The summed E-state index contributed by atoms with van der Waals surface area (Å²) >= 11 is 0. The lowest BCUT2D eigenvalue weighted by Gasteiger charge is -2.27. The van der Waals surface area contributed by atoms with Crippen LogP contribution in [0.1, 0.15) is 37.5 Å². The van der Waals surface area contributed by atoms with Gasteiger partial charge in [-0.15, -0.1) is 0 Å². The van der Waals surface area contributed by atoms with Gasteiger partial charge in [-0.2, -0.15) is 20.4 Å². The topological polar surface area (TPSA) is 107 Å². The first-order valence-corrected chi connectivity index (χ1v) is 6.28. The van der Waals surface area contributed by atoms with Gasteiger partial charge in [0.25, 0.3) is 0 Å². The van der Waals surface area contributed by atoms with Crippen molar-refractivity contribution in [1.29, 1.82) is 0 Å². The van der Waals surface area contributed by atoms with Gasteiger partial charge in [0.05, 0.1) is 6.20 Å². The zero-order valence-corrected chi connectivity index (χ0v) is 10.0. The van der Waals surface area contributed by atoms with Gasteiger partial charge in [-0.25, -0.2) is 0 Å². The highest BCUT2D eigenvalue weighted by Crippen LogP contribution is 2.36. The molecule has 3 N–H and O–H groups in total. The zero-order valence-electron chi connectivity index (χ0n) is 10.0. The minimum atomic E-state index is 0.289. The van der Waals surface area contributed by atoms with Gasteiger partial charge < -0.3 is 10.3 Å². The SMILES string of the molecule is NCC1CCCCC1c1nc(-c2cn[nH]n2)no1. The molecule has 1 aliphatic rings. The molecule has 1 saturated carbocycles. The molecule has 7 nitrogen and oxygen atoms in total. The molecule has 3 rings (SSSR count). The molecule has 0 aromatic carbocycles. The van der Waals surface area contributed by atoms with Gasteiger partial charge in [-0.3, -0.25) is 0 Å². The van der Waals surface area contributed by atoms with Crippen molar-refractivity contribution >= 4 is 0 Å². The maximum absolute atomic E-state index is 5.82. The summed E-state index contributed by atoms with van der Waals surface area (Å²) in [4.78, 5) is 4.42. The van der Waals surface area contributed by atoms with Crippen molar-refractivity contribution in [1.82, 2.24) is 25.6 Å². The van der Waals surface area contributed by atoms with Gasteiger partial charge in [0.15, 0.2) is 5.69 Å². The van der Waals surface area contributed by atoms with E-state index >= 15 is 0 Å². The van der Waals surface area contributed by atoms with E-state index in [4.69, 9.17) is 10.3 Å². The summed E-state index contributed by atoms with van der Waals surface area (Å²) in [6.45, 7) is 0.673. The Morgan fingerprint density at radius 3 is 3.06 bits per heavy atom. The fraction of sp³-hybridized carbons (Fsp3) is 0.636. The van der Waals surface area contributed by atoms with E-state index in [1.54, 1.807) is 6.20 Å². The lowest BCUT2D eigenvalue weighted by molar-refractivity contribution is 0.249. The number of nitrogens with two attached hydrogens (primary N) is 1. The molecule has 0 amide bonds. The summed E-state index contributed by atoms with van der Waals surface area (Å²) in [5.41, 5.74) is 6.42. The molecule has 0 saturated heterocycles. The fourth-order valence-electron chi connectivity index (χ4n) is 2.61. The summed E-state index contributed by atoms with van der Waals surface area (Å²) in [5.74, 6) is 1.91. The van der Waals surface area contributed by atoms with Gasteiger partial charge >= 0.3 is 0 Å². The molecule has 1 fully saturated rings. The highest BCUT2D eigenvalue weighted by Gasteiger charge is 2.30. The summed E-state index contributed by atoms with van der Waals surface area (Å²) < 4.78 is 5.36. The van der Waals surface area contributed by atoms with Crippen LogP contribution in [0.25, 0.3) is 11.5 Å². The Morgan fingerprint density at radius 1 is 1.39 bits per heavy atom. The summed E-state index contributed by atoms with van der Waals surface area (Å²) in [5, 5.41) is 14.2. The molecule has 0 bridgehead atoms. The largest absolute Gasteiger partial charge is 0.339 e. The number of nitrogens with one attached hydrogen (secondary N) is 1. The van der Waals surface area contributed by atoms with E-state index in [0.29, 0.717) is 29.9 Å². The molecule has 0 aliphatic heterocycles. The Bertz CT molecular complexity index is 493. The van der Waals surface area contributed by atoms with Crippen LogP contribution in [-0.2, 0) is 0 Å². The Hall–Kier alpha value is -1.76. The van der Waals surface area contributed by atoms with Crippen molar-refractivity contribution in [2.24, 2.45) is 11.7 Å². The molecule has 2 heterocycles. The van der Waals surface area contributed by atoms with Gasteiger partial charge in [0.2, 0.25) is 11.7 Å². The van der Waals surface area contributed by atoms with Crippen LogP contribution in [0.4, 0.5) is 0 Å². The molecule has 2 unspecified atom stereocenters. The molecule has 2 atom stereocenters. The molecular weight excluding hydrogens is 232 g/mol. The molecule has 18 heavy (non-hydrogen) atoms. The van der Waals surface area contributed by atoms with Crippen molar-refractivity contribution < 1.29 is 4.52 Å². The quantitative estimate of drug-likeness (QED) is 0.842. The predicted molar refractivity (Wildman–Crippen MR) is 63.4 cm³/mol. The van der Waals surface area contributed by atoms with Crippen molar-refractivity contribution in [3.63, 3.8) is 0 Å². The first-order chi connectivity index (χ1) is 8.88. The maximum Gasteiger partial charge on any atom is 0.230 e. The van der Waals surface area contributed by atoms with Crippen molar-refractivity contribution in [3.8, 4) is 11.5 Å². The molecule has 0 radical (unpaired) electrons. The molecule has 96 valence electrons. The predicted octanol–water partition coefficient (Wildman–Crippen LogP) is 1.09. The number of aromatic amines is 1. The Morgan fingerprint density at radius 2 is 2.28 bits per heavy atom. The van der Waals surface area contributed by atoms with E-state index in [2.05, 4.69) is 25.6 Å². The second-order valence-electron chi connectivity index (χ2n) is 4.70. The second-order valence-corrected chi connectivity index (χ2v) is 4.70. The number of rotatable bonds is 3. The molecule has 0 spiro atoms. The van der Waals surface area contributed by atoms with Crippen LogP contribution < -0.4 is 5.73 Å². The zero-order chi connectivity index (χ0) is 12.4. The van der Waals surface area contributed by atoms with Crippen molar-refractivity contribution in [2.45, 2.75) is 31.6 Å². The number of aromatic nitrogens is 5. The van der Waals surface area contributed by atoms with E-state index in [9.17, 15) is 0 Å². The van der Waals surface area contributed by atoms with Crippen LogP contribution >= 0.6 is 0 Å². The smallest absolute Gasteiger partial charge is 0.230 e. The second kappa shape index (κ2) is 4.85. The Labute approximate surface area is 104 Å². The Kier molecular flexibility index (Phi) is 3.06. The van der Waals surface area contributed by atoms with Crippen LogP contribution in [0.2, 0.25) is 0 Å². The number of H-pyrrole nitrogens is 1. The third-order valence-electron chi connectivity index (χ3n) is 3.61. The normalized spacial score (nSPS) is 24.3. The standard InChI is InChI=1S/C11H16N6O/c12-5-7-3-1-2-4-8(7)11-14-10(16-18-11)9-6-13-17-15-9/h6-8H,1-5,12H2,(H,13,15,17). The van der Waals surface area contributed by atoms with E-state index in [0.717, 1.165) is 12.8 Å². The third kappa shape index (κ3) is 2.01. The minimum Gasteiger partial charge on any atom is -0.339 e. The van der Waals surface area contributed by atoms with Gasteiger partial charge in [0.1, 0.15) is 0 Å². The van der Waals surface area contributed by atoms with E-state index < -0.39 is 0 Å². The minimum absolute atomic E-state index is 0.289. The average Bonchev–Trinajstić information content (AvgIpc) is 3.09. The van der Waals surface area contributed by atoms with Crippen LogP contribution in [0.3, 0.4) is 0 Å². The van der Waals surface area contributed by atoms with E-state index in [1.165, 1.54) is 12.8 Å². The molecule has 2 aromatic heterocycles. The highest BCUT2D eigenvalue weighted by atomic mass is 16.5. The molecule has 1 aliphatic carbocycles. The maximum atomic E-state index is 5.82. The van der Waals surface area contributed by atoms with Crippen molar-refractivity contribution in [3.05, 3.63) is 12.1 Å². The van der Waals surface area contributed by atoms with Crippen LogP contribution in [0.5, 0.6) is 0 Å². The van der Waals surface area contributed by atoms with Gasteiger partial charge in [0, 0.05) is 5.92 Å². The lowest BCUT2D eigenvalue weighted by Crippen LogP contribution is -2.25. The highest BCUT2D eigenvalue weighted by molar-refractivity contribution is 5.44. The number of hydrogen-bond acceptors (Lipinski definition) is 6. The summed E-state index contributed by atoms with van der Waals surface area (Å²) in [7, 11) is 0. The Balaban J connectivity index is 1.84. The van der Waals surface area contributed by atoms with Crippen LogP contribution in [-0.4, -0.2) is 32.1 Å². The first-order valence-electron chi connectivity index (χ1n) is 6.28. The number of hydrogen-bond donors (Lipinski definition) is 2. The van der Waals surface area contributed by atoms with Crippen LogP contribution in [0.15, 0.2) is 10.7 Å². The molecule has 7 heteroatoms. The molecular formula is C11H16N6O. The van der Waals surface area contributed by atoms with E-state index in [-0.39, 0.29) is 5.92 Å². The van der Waals surface area contributed by atoms with Gasteiger partial charge in [-0.1, -0.05) is 18.0 Å². The summed E-state index contributed by atoms with van der Waals surface area (Å²) in [6.07, 6.45) is 6.23. The monoisotopic (exact) mass is 248 g/mol. The molecule has 2 aromatic rings. The van der Waals surface area contributed by atoms with E-state index in [1.807, 2.05) is 0 Å². The lowest BCUT2D eigenvalue weighted by atomic mass is 9.79. The summed E-state index contributed by atoms with van der Waals surface area (Å²) in [6, 6.07) is 0. The fourth-order valence-corrected chi connectivity index (χ4v) is 2.61. The number of nitrogens with zero attached hydrogens (tertiary/aromatic N) is 4. The van der Waals surface area contributed by atoms with Crippen LogP contribution in [0, 0.1) is 5.92 Å². The average molecular weight is 248 g/mol.